The van der Waals surface area contributed by atoms with Crippen LogP contribution in [0.2, 0.25) is 0 Å². The van der Waals surface area contributed by atoms with Gasteiger partial charge in [-0.25, -0.2) is 4.39 Å². The third-order valence-corrected chi connectivity index (χ3v) is 3.33. The highest BCUT2D eigenvalue weighted by molar-refractivity contribution is 6.02. The summed E-state index contributed by atoms with van der Waals surface area (Å²) in [7, 11) is 0. The Kier molecular flexibility index (Phi) is 3.13. The predicted molar refractivity (Wildman–Crippen MR) is 72.8 cm³/mol. The van der Waals surface area contributed by atoms with Crippen LogP contribution in [0.1, 0.15) is 22.1 Å². The molecule has 2 aromatic rings. The zero-order valence-corrected chi connectivity index (χ0v) is 11.0. The van der Waals surface area contributed by atoms with E-state index < -0.39 is 28.6 Å². The highest BCUT2D eigenvalue weighted by Gasteiger charge is 2.28. The second-order valence-electron chi connectivity index (χ2n) is 4.69. The molecule has 22 heavy (non-hydrogen) atoms. The number of fused-ring (bicyclic) bond motifs is 1. The standard InChI is InChI=1S/C14H10FN3O4/c15-9-2-1-3-10-12(9)14(20)17-13(16-10)8-6-7(18(21)22)4-5-11(8)19/h1-6,13,16,19H,(H,17,20)/p-1/t13-/m1/s1. The van der Waals surface area contributed by atoms with Gasteiger partial charge in [-0.3, -0.25) is 14.9 Å². The number of carbonyl (C=O) groups is 1. The Hall–Kier alpha value is -3.16. The van der Waals surface area contributed by atoms with Crippen LogP contribution < -0.4 is 15.7 Å². The molecule has 0 saturated carbocycles. The van der Waals surface area contributed by atoms with Gasteiger partial charge in [-0.15, -0.1) is 5.75 Å². The quantitative estimate of drug-likeness (QED) is 0.648. The number of nitrogens with one attached hydrogen (secondary N) is 2. The van der Waals surface area contributed by atoms with Crippen LogP contribution in [0.3, 0.4) is 0 Å². The van der Waals surface area contributed by atoms with Gasteiger partial charge in [0, 0.05) is 12.1 Å². The summed E-state index contributed by atoms with van der Waals surface area (Å²) in [5.74, 6) is -1.85. The van der Waals surface area contributed by atoms with Crippen molar-refractivity contribution in [3.63, 3.8) is 0 Å². The summed E-state index contributed by atoms with van der Waals surface area (Å²) in [4.78, 5) is 22.2. The lowest BCUT2D eigenvalue weighted by atomic mass is 10.0. The van der Waals surface area contributed by atoms with Crippen molar-refractivity contribution in [2.24, 2.45) is 0 Å². The highest BCUT2D eigenvalue weighted by Crippen LogP contribution is 2.32. The molecule has 0 unspecified atom stereocenters. The topological polar surface area (TPSA) is 107 Å². The molecule has 2 aromatic carbocycles. The number of anilines is 1. The third-order valence-electron chi connectivity index (χ3n) is 3.33. The van der Waals surface area contributed by atoms with Gasteiger partial charge in [0.2, 0.25) is 0 Å². The van der Waals surface area contributed by atoms with Crippen LogP contribution in [-0.4, -0.2) is 10.8 Å². The van der Waals surface area contributed by atoms with Crippen LogP contribution in [0.25, 0.3) is 0 Å². The van der Waals surface area contributed by atoms with E-state index in [2.05, 4.69) is 10.6 Å². The maximum atomic E-state index is 13.6. The molecule has 1 aliphatic rings. The van der Waals surface area contributed by atoms with Gasteiger partial charge in [-0.05, 0) is 17.7 Å². The van der Waals surface area contributed by atoms with Crippen molar-refractivity contribution in [2.75, 3.05) is 5.32 Å². The van der Waals surface area contributed by atoms with Crippen LogP contribution in [-0.2, 0) is 0 Å². The number of hydrogen-bond acceptors (Lipinski definition) is 5. The maximum absolute atomic E-state index is 13.6. The number of nitro benzene ring substituents is 1. The molecule has 112 valence electrons. The molecule has 0 saturated heterocycles. The third kappa shape index (κ3) is 2.20. The molecule has 7 nitrogen and oxygen atoms in total. The summed E-state index contributed by atoms with van der Waals surface area (Å²) in [6.45, 7) is 0. The average molecular weight is 302 g/mol. The van der Waals surface area contributed by atoms with Crippen molar-refractivity contribution in [2.45, 2.75) is 6.17 Å². The minimum atomic E-state index is -0.964. The summed E-state index contributed by atoms with van der Waals surface area (Å²) < 4.78 is 13.6. The van der Waals surface area contributed by atoms with Crippen molar-refractivity contribution in [1.82, 2.24) is 5.32 Å². The largest absolute Gasteiger partial charge is 0.872 e. The van der Waals surface area contributed by atoms with E-state index in [1.54, 1.807) is 0 Å². The summed E-state index contributed by atoms with van der Waals surface area (Å²) in [6.07, 6.45) is -0.964. The van der Waals surface area contributed by atoms with Crippen molar-refractivity contribution in [3.05, 3.63) is 63.5 Å². The highest BCUT2D eigenvalue weighted by atomic mass is 19.1. The molecule has 8 heteroatoms. The van der Waals surface area contributed by atoms with Gasteiger partial charge < -0.3 is 15.7 Å². The van der Waals surface area contributed by atoms with Gasteiger partial charge in [0.15, 0.2) is 0 Å². The lowest BCUT2D eigenvalue weighted by molar-refractivity contribution is -0.385. The van der Waals surface area contributed by atoms with E-state index in [1.165, 1.54) is 12.1 Å². The number of nitro groups is 1. The number of rotatable bonds is 2. The SMILES string of the molecule is O=C1N[C@H](c2cc([N+](=O)[O-])ccc2[O-])Nc2cccc(F)c21. The molecule has 0 bridgehead atoms. The molecule has 1 atom stereocenters. The predicted octanol–water partition coefficient (Wildman–Crippen LogP) is 1.66. The molecule has 0 aromatic heterocycles. The molecule has 3 rings (SSSR count). The minimum Gasteiger partial charge on any atom is -0.872 e. The summed E-state index contributed by atoms with van der Waals surface area (Å²) >= 11 is 0. The van der Waals surface area contributed by atoms with E-state index in [-0.39, 0.29) is 22.5 Å². The summed E-state index contributed by atoms with van der Waals surface area (Å²) in [5, 5.41) is 27.9. The molecule has 1 heterocycles. The van der Waals surface area contributed by atoms with Crippen molar-refractivity contribution in [3.8, 4) is 5.75 Å². The van der Waals surface area contributed by atoms with Gasteiger partial charge in [-0.1, -0.05) is 12.1 Å². The van der Waals surface area contributed by atoms with Gasteiger partial charge >= 0.3 is 0 Å². The normalized spacial score (nSPS) is 16.4. The Balaban J connectivity index is 2.03. The maximum Gasteiger partial charge on any atom is 0.269 e. The van der Waals surface area contributed by atoms with E-state index in [4.69, 9.17) is 0 Å². The minimum absolute atomic E-state index is 0.0115. The molecule has 0 aliphatic carbocycles. The Bertz CT molecular complexity index is 794. The Morgan fingerprint density at radius 1 is 1.18 bits per heavy atom. The lowest BCUT2D eigenvalue weighted by Crippen LogP contribution is -2.39. The number of halogens is 1. The first-order valence-corrected chi connectivity index (χ1v) is 6.28. The van der Waals surface area contributed by atoms with E-state index in [9.17, 15) is 24.4 Å². The van der Waals surface area contributed by atoms with Crippen LogP contribution in [0.5, 0.6) is 5.75 Å². The molecule has 0 spiro atoms. The molecular formula is C14H9FN3O4-. The first kappa shape index (κ1) is 13.8. The number of hydrogen-bond donors (Lipinski definition) is 2. The van der Waals surface area contributed by atoms with E-state index in [1.807, 2.05) is 0 Å². The van der Waals surface area contributed by atoms with Crippen LogP contribution in [0.4, 0.5) is 15.8 Å². The molecule has 2 N–H and O–H groups in total. The fraction of sp³-hybridized carbons (Fsp3) is 0.0714. The Morgan fingerprint density at radius 3 is 2.68 bits per heavy atom. The van der Waals surface area contributed by atoms with Crippen molar-refractivity contribution in [1.29, 1.82) is 0 Å². The monoisotopic (exact) mass is 302 g/mol. The van der Waals surface area contributed by atoms with Gasteiger partial charge in [0.25, 0.3) is 11.6 Å². The lowest BCUT2D eigenvalue weighted by Gasteiger charge is -2.30. The number of benzene rings is 2. The smallest absolute Gasteiger partial charge is 0.269 e. The first-order valence-electron chi connectivity index (χ1n) is 6.28. The molecule has 0 fully saturated rings. The Morgan fingerprint density at radius 2 is 1.95 bits per heavy atom. The van der Waals surface area contributed by atoms with Crippen molar-refractivity contribution >= 4 is 17.3 Å². The fourth-order valence-electron chi connectivity index (χ4n) is 2.30. The average Bonchev–Trinajstić information content (AvgIpc) is 2.47. The Labute approximate surface area is 123 Å². The van der Waals surface area contributed by atoms with Crippen molar-refractivity contribution < 1.29 is 19.2 Å². The van der Waals surface area contributed by atoms with E-state index >= 15 is 0 Å². The van der Waals surface area contributed by atoms with Crippen LogP contribution >= 0.6 is 0 Å². The van der Waals surface area contributed by atoms with Gasteiger partial charge in [-0.2, -0.15) is 0 Å². The fourth-order valence-corrected chi connectivity index (χ4v) is 2.30. The van der Waals surface area contributed by atoms with E-state index in [0.29, 0.717) is 0 Å². The molecule has 0 radical (unpaired) electrons. The van der Waals surface area contributed by atoms with E-state index in [0.717, 1.165) is 24.3 Å². The van der Waals surface area contributed by atoms with Gasteiger partial charge in [0.1, 0.15) is 12.0 Å². The van der Waals surface area contributed by atoms with Crippen LogP contribution in [0, 0.1) is 15.9 Å². The molecule has 1 amide bonds. The first-order chi connectivity index (χ1) is 10.5. The van der Waals surface area contributed by atoms with Crippen LogP contribution in [0.15, 0.2) is 36.4 Å². The van der Waals surface area contributed by atoms with Gasteiger partial charge in [0.05, 0.1) is 16.2 Å². The zero-order chi connectivity index (χ0) is 15.9. The summed E-state index contributed by atoms with van der Waals surface area (Å²) in [6, 6.07) is 7.29. The number of non-ortho nitro benzene ring substituents is 1. The number of carbonyl (C=O) groups excluding carboxylic acids is 1. The number of amides is 1. The second-order valence-corrected chi connectivity index (χ2v) is 4.69. The summed E-state index contributed by atoms with van der Waals surface area (Å²) in [5.41, 5.74) is -0.190. The zero-order valence-electron chi connectivity index (χ0n) is 11.0. The number of nitrogens with zero attached hydrogens (tertiary/aromatic N) is 1. The molecule has 1 aliphatic heterocycles. The molecular weight excluding hydrogens is 293 g/mol. The second kappa shape index (κ2) is 4.99.